The third-order valence-electron chi connectivity index (χ3n) is 11.5. The molecule has 0 amide bonds. The van der Waals surface area contributed by atoms with Gasteiger partial charge in [-0.3, -0.25) is 0 Å². The number of nitrogens with zero attached hydrogens (tertiary/aromatic N) is 4. The first-order valence-electron chi connectivity index (χ1n) is 20.7. The number of hydrogen-bond donors (Lipinski definition) is 0. The molecule has 2 aliphatic carbocycles. The first-order chi connectivity index (χ1) is 27.5. The van der Waals surface area contributed by atoms with E-state index in [0.717, 1.165) is 132 Å². The molecule has 0 unspecified atom stereocenters. The highest BCUT2D eigenvalue weighted by molar-refractivity contribution is 6.25. The molecule has 282 valence electrons. The van der Waals surface area contributed by atoms with Crippen LogP contribution in [0.25, 0.3) is 37.5 Å². The Morgan fingerprint density at radius 1 is 0.625 bits per heavy atom. The lowest BCUT2D eigenvalue weighted by molar-refractivity contribution is -0.528. The van der Waals surface area contributed by atoms with Crippen LogP contribution in [0.4, 0.5) is 5.69 Å². The van der Waals surface area contributed by atoms with Crippen LogP contribution >= 0.6 is 0 Å². The van der Waals surface area contributed by atoms with Gasteiger partial charge in [0.1, 0.15) is 13.1 Å². The summed E-state index contributed by atoms with van der Waals surface area (Å²) in [5, 5.41) is 30.1. The van der Waals surface area contributed by atoms with Gasteiger partial charge in [-0.2, -0.15) is 0 Å². The SMILES string of the molecule is [C-]#[N+]/C(C#N)=C1\C(=C2c3ccccc3C(=[N+](CCCC)CCCC)c3ccccc32)C([O-])=C1c1c2ccccc2c(N(CCCC)CCCC)c2ccccc12. The summed E-state index contributed by atoms with van der Waals surface area (Å²) >= 11 is 0. The van der Waals surface area contributed by atoms with Gasteiger partial charge in [-0.05, 0) is 69.2 Å². The summed E-state index contributed by atoms with van der Waals surface area (Å²) in [7, 11) is 0. The van der Waals surface area contributed by atoms with Crippen molar-refractivity contribution < 1.29 is 9.68 Å². The van der Waals surface area contributed by atoms with E-state index in [1.54, 1.807) is 0 Å². The molecule has 5 aromatic rings. The van der Waals surface area contributed by atoms with Crippen LogP contribution in [0.5, 0.6) is 0 Å². The lowest BCUT2D eigenvalue weighted by Crippen LogP contribution is -2.31. The molecule has 0 fully saturated rings. The summed E-state index contributed by atoms with van der Waals surface area (Å²) in [6.45, 7) is 21.0. The average Bonchev–Trinajstić information content (AvgIpc) is 3.24. The zero-order valence-corrected chi connectivity index (χ0v) is 33.4. The molecule has 0 heterocycles. The van der Waals surface area contributed by atoms with Gasteiger partial charge in [-0.1, -0.05) is 144 Å². The summed E-state index contributed by atoms with van der Waals surface area (Å²) in [5.74, 6) is -0.120. The molecule has 5 aromatic carbocycles. The molecule has 0 bridgehead atoms. The Kier molecular flexibility index (Phi) is 11.8. The molecule has 5 nitrogen and oxygen atoms in total. The van der Waals surface area contributed by atoms with E-state index in [2.05, 4.69) is 121 Å². The number of benzene rings is 5. The molecule has 56 heavy (non-hydrogen) atoms. The molecule has 0 atom stereocenters. The van der Waals surface area contributed by atoms with Crippen molar-refractivity contribution in [1.29, 1.82) is 5.26 Å². The second-order valence-corrected chi connectivity index (χ2v) is 15.0. The number of allylic oxidation sites excluding steroid dienone is 3. The zero-order chi connectivity index (χ0) is 39.2. The van der Waals surface area contributed by atoms with Crippen molar-refractivity contribution >= 4 is 44.1 Å². The van der Waals surface area contributed by atoms with Crippen molar-refractivity contribution in [2.45, 2.75) is 79.1 Å². The van der Waals surface area contributed by atoms with Crippen LogP contribution in [-0.2, 0) is 0 Å². The van der Waals surface area contributed by atoms with Gasteiger partial charge in [0.05, 0.1) is 29.5 Å². The van der Waals surface area contributed by atoms with Gasteiger partial charge in [0.25, 0.3) is 5.70 Å². The summed E-state index contributed by atoms with van der Waals surface area (Å²) < 4.78 is 2.53. The van der Waals surface area contributed by atoms with Crippen LogP contribution in [0.15, 0.2) is 120 Å². The predicted octanol–water partition coefficient (Wildman–Crippen LogP) is 11.4. The van der Waals surface area contributed by atoms with E-state index in [4.69, 9.17) is 6.57 Å². The quantitative estimate of drug-likeness (QED) is 0.0484. The molecule has 2 aliphatic rings. The minimum Gasteiger partial charge on any atom is -0.872 e. The van der Waals surface area contributed by atoms with Crippen LogP contribution in [0.1, 0.15) is 107 Å². The first kappa shape index (κ1) is 38.4. The van der Waals surface area contributed by atoms with E-state index >= 15 is 5.11 Å². The van der Waals surface area contributed by atoms with Gasteiger partial charge >= 0.3 is 0 Å². The van der Waals surface area contributed by atoms with Gasteiger partial charge in [0, 0.05) is 42.3 Å². The van der Waals surface area contributed by atoms with Crippen LogP contribution in [-0.4, -0.2) is 36.5 Å². The van der Waals surface area contributed by atoms with Crippen molar-refractivity contribution in [2.75, 3.05) is 31.1 Å². The third kappa shape index (κ3) is 6.71. The summed E-state index contributed by atoms with van der Waals surface area (Å²) in [6, 6.07) is 35.8. The highest BCUT2D eigenvalue weighted by Gasteiger charge is 2.39. The summed E-state index contributed by atoms with van der Waals surface area (Å²) in [4.78, 5) is 6.35. The minimum absolute atomic E-state index is 0.0517. The predicted molar refractivity (Wildman–Crippen MR) is 232 cm³/mol. The fourth-order valence-corrected chi connectivity index (χ4v) is 8.76. The fraction of sp³-hybridized carbons (Fsp3) is 0.314. The third-order valence-corrected chi connectivity index (χ3v) is 11.5. The van der Waals surface area contributed by atoms with Crippen molar-refractivity contribution in [3.8, 4) is 6.07 Å². The number of unbranched alkanes of at least 4 members (excludes halogenated alkanes) is 4. The molecule has 7 rings (SSSR count). The van der Waals surface area contributed by atoms with Crippen LogP contribution in [0.3, 0.4) is 0 Å². The lowest BCUT2D eigenvalue weighted by atomic mass is 9.69. The van der Waals surface area contributed by atoms with Gasteiger partial charge in [-0.25, -0.2) is 14.7 Å². The second-order valence-electron chi connectivity index (χ2n) is 15.0. The maximum absolute atomic E-state index is 15.3. The average molecular weight is 737 g/mol. The largest absolute Gasteiger partial charge is 0.872 e. The van der Waals surface area contributed by atoms with Crippen LogP contribution < -0.4 is 10.0 Å². The molecular weight excluding hydrogens is 685 g/mol. The number of rotatable bonds is 14. The molecule has 0 N–H and O–H groups in total. The second kappa shape index (κ2) is 17.3. The number of fused-ring (bicyclic) bond motifs is 4. The fourth-order valence-electron chi connectivity index (χ4n) is 8.76. The normalized spacial score (nSPS) is 14.3. The Balaban J connectivity index is 1.57. The topological polar surface area (TPSA) is 57.5 Å². The maximum Gasteiger partial charge on any atom is 0.270 e. The van der Waals surface area contributed by atoms with E-state index in [1.807, 2.05) is 24.3 Å². The first-order valence-corrected chi connectivity index (χ1v) is 20.7. The van der Waals surface area contributed by atoms with Crippen molar-refractivity contribution in [3.63, 3.8) is 0 Å². The maximum atomic E-state index is 15.3. The molecule has 0 saturated heterocycles. The number of hydrogen-bond acceptors (Lipinski definition) is 3. The highest BCUT2D eigenvalue weighted by Crippen LogP contribution is 2.55. The van der Waals surface area contributed by atoms with Crippen LogP contribution in [0.2, 0.25) is 0 Å². The Morgan fingerprint density at radius 2 is 1.07 bits per heavy atom. The monoisotopic (exact) mass is 736 g/mol. The minimum atomic E-state index is -0.120. The molecule has 0 radical (unpaired) electrons. The van der Waals surface area contributed by atoms with E-state index in [9.17, 15) is 5.26 Å². The molecule has 0 aliphatic heterocycles. The highest BCUT2D eigenvalue weighted by atomic mass is 16.3. The van der Waals surface area contributed by atoms with Gasteiger partial charge in [-0.15, -0.1) is 0 Å². The summed E-state index contributed by atoms with van der Waals surface area (Å²) in [5.41, 5.74) is 9.44. The van der Waals surface area contributed by atoms with Gasteiger partial charge in [0.2, 0.25) is 5.71 Å². The Morgan fingerprint density at radius 3 is 1.52 bits per heavy atom. The van der Waals surface area contributed by atoms with E-state index in [-0.39, 0.29) is 11.5 Å². The van der Waals surface area contributed by atoms with E-state index in [1.165, 1.54) is 11.4 Å². The number of anilines is 1. The smallest absolute Gasteiger partial charge is 0.270 e. The Hall–Kier alpha value is -5.91. The summed E-state index contributed by atoms with van der Waals surface area (Å²) in [6.07, 6.45) is 8.74. The van der Waals surface area contributed by atoms with Crippen molar-refractivity contribution in [3.05, 3.63) is 159 Å². The molecule has 0 spiro atoms. The van der Waals surface area contributed by atoms with Crippen molar-refractivity contribution in [1.82, 2.24) is 0 Å². The Bertz CT molecular complexity index is 2370. The molecule has 0 aromatic heterocycles. The lowest BCUT2D eigenvalue weighted by Gasteiger charge is -2.41. The van der Waals surface area contributed by atoms with E-state index < -0.39 is 0 Å². The Labute approximate surface area is 333 Å². The van der Waals surface area contributed by atoms with Crippen LogP contribution in [0, 0.1) is 17.9 Å². The van der Waals surface area contributed by atoms with Gasteiger partial charge < -0.3 is 10.0 Å². The standard InChI is InChI=1S/C51H52N4O/c1-6-10-30-54(31-11-7-2)49-39-26-18-14-22-35(39)44(36-23-15-19-27-40(36)49)47-46(43(34-52)53-5)48(51(47)56)45-37-24-16-20-28-41(37)50(42-29-21-17-25-38(42)45)55(32-12-8-3)33-13-9-4/h14-29H,6-13,30-33H2,1-4H3. The van der Waals surface area contributed by atoms with Crippen molar-refractivity contribution in [2.24, 2.45) is 0 Å². The van der Waals surface area contributed by atoms with Gasteiger partial charge in [0.15, 0.2) is 0 Å². The molecular formula is C51H52N4O. The number of nitriles is 1. The van der Waals surface area contributed by atoms with E-state index in [0.29, 0.717) is 16.7 Å². The molecule has 0 saturated carbocycles. The zero-order valence-electron chi connectivity index (χ0n) is 33.4. The molecule has 5 heteroatoms.